The van der Waals surface area contributed by atoms with Gasteiger partial charge in [0.2, 0.25) is 5.91 Å². The van der Waals surface area contributed by atoms with Crippen molar-refractivity contribution in [2.45, 2.75) is 33.0 Å². The van der Waals surface area contributed by atoms with E-state index in [-0.39, 0.29) is 5.91 Å². The highest BCUT2D eigenvalue weighted by Gasteiger charge is 2.23. The fraction of sp³-hybridized carbons (Fsp3) is 0.250. The number of carbonyl (C=O) groups excluding carboxylic acids is 3. The van der Waals surface area contributed by atoms with Gasteiger partial charge in [0.25, 0.3) is 5.91 Å². The molecule has 0 aliphatic carbocycles. The molecule has 0 aliphatic rings. The standard InChI is InChI=1S/C20H22N2O5/c1-13(27-20(25)14(2)26-18-7-5-4-6-8-18)19(24)22-17-11-9-16(10-12-17)21-15(3)23/h4-14H,1-3H3,(H,21,23)(H,22,24)/t13-,14-/m0/s1. The lowest BCUT2D eigenvalue weighted by Crippen LogP contribution is -2.35. The molecule has 2 N–H and O–H groups in total. The van der Waals surface area contributed by atoms with Gasteiger partial charge in [0.15, 0.2) is 12.2 Å². The topological polar surface area (TPSA) is 93.7 Å². The van der Waals surface area contributed by atoms with Gasteiger partial charge in [0.1, 0.15) is 5.75 Å². The van der Waals surface area contributed by atoms with Crippen molar-refractivity contribution in [2.75, 3.05) is 10.6 Å². The highest BCUT2D eigenvalue weighted by atomic mass is 16.6. The van der Waals surface area contributed by atoms with Crippen molar-refractivity contribution in [2.24, 2.45) is 0 Å². The number of benzene rings is 2. The van der Waals surface area contributed by atoms with Crippen molar-refractivity contribution >= 4 is 29.2 Å². The van der Waals surface area contributed by atoms with Gasteiger partial charge in [-0.15, -0.1) is 0 Å². The van der Waals surface area contributed by atoms with E-state index in [2.05, 4.69) is 10.6 Å². The van der Waals surface area contributed by atoms with E-state index in [0.717, 1.165) is 0 Å². The van der Waals surface area contributed by atoms with Crippen molar-refractivity contribution in [1.29, 1.82) is 0 Å². The molecule has 2 amide bonds. The van der Waals surface area contributed by atoms with Crippen LogP contribution < -0.4 is 15.4 Å². The summed E-state index contributed by atoms with van der Waals surface area (Å²) in [4.78, 5) is 35.3. The number of hydrogen-bond acceptors (Lipinski definition) is 5. The third-order valence-corrected chi connectivity index (χ3v) is 3.52. The first kappa shape index (κ1) is 20.0. The van der Waals surface area contributed by atoms with Gasteiger partial charge in [-0.05, 0) is 50.2 Å². The van der Waals surface area contributed by atoms with E-state index >= 15 is 0 Å². The Morgan fingerprint density at radius 3 is 1.93 bits per heavy atom. The first-order chi connectivity index (χ1) is 12.8. The fourth-order valence-electron chi connectivity index (χ4n) is 2.16. The van der Waals surface area contributed by atoms with Crippen LogP contribution in [0.2, 0.25) is 0 Å². The van der Waals surface area contributed by atoms with Gasteiger partial charge in [0.05, 0.1) is 0 Å². The van der Waals surface area contributed by atoms with Crippen molar-refractivity contribution in [3.63, 3.8) is 0 Å². The number of rotatable bonds is 7. The molecule has 0 radical (unpaired) electrons. The molecule has 0 spiro atoms. The minimum absolute atomic E-state index is 0.181. The first-order valence-electron chi connectivity index (χ1n) is 8.46. The van der Waals surface area contributed by atoms with Crippen LogP contribution in [0, 0.1) is 0 Å². The van der Waals surface area contributed by atoms with Crippen LogP contribution in [-0.4, -0.2) is 30.0 Å². The van der Waals surface area contributed by atoms with Gasteiger partial charge >= 0.3 is 5.97 Å². The van der Waals surface area contributed by atoms with Crippen LogP contribution in [0.25, 0.3) is 0 Å². The van der Waals surface area contributed by atoms with E-state index < -0.39 is 24.1 Å². The van der Waals surface area contributed by atoms with Crippen LogP contribution >= 0.6 is 0 Å². The molecule has 0 aromatic heterocycles. The SMILES string of the molecule is CC(=O)Nc1ccc(NC(=O)[C@H](C)OC(=O)[C@H](C)Oc2ccccc2)cc1. The summed E-state index contributed by atoms with van der Waals surface area (Å²) in [6.45, 7) is 4.45. The summed E-state index contributed by atoms with van der Waals surface area (Å²) >= 11 is 0. The maximum atomic E-state index is 12.2. The highest BCUT2D eigenvalue weighted by Crippen LogP contribution is 2.15. The molecule has 0 aliphatic heterocycles. The van der Waals surface area contributed by atoms with Crippen LogP contribution in [0.1, 0.15) is 20.8 Å². The van der Waals surface area contributed by atoms with Crippen molar-refractivity contribution < 1.29 is 23.9 Å². The second-order valence-electron chi connectivity index (χ2n) is 5.90. The third kappa shape index (κ3) is 6.47. The molecular weight excluding hydrogens is 348 g/mol. The number of hydrogen-bond donors (Lipinski definition) is 2. The van der Waals surface area contributed by atoms with Gasteiger partial charge in [-0.1, -0.05) is 18.2 Å². The zero-order valence-corrected chi connectivity index (χ0v) is 15.4. The van der Waals surface area contributed by atoms with Crippen LogP contribution in [-0.2, 0) is 19.1 Å². The molecule has 0 fully saturated rings. The molecule has 142 valence electrons. The molecule has 0 saturated carbocycles. The lowest BCUT2D eigenvalue weighted by Gasteiger charge is -2.18. The minimum Gasteiger partial charge on any atom is -0.479 e. The Hall–Kier alpha value is -3.35. The van der Waals surface area contributed by atoms with Crippen LogP contribution in [0.15, 0.2) is 54.6 Å². The van der Waals surface area contributed by atoms with E-state index in [1.165, 1.54) is 13.8 Å². The van der Waals surface area contributed by atoms with Gasteiger partial charge in [-0.3, -0.25) is 9.59 Å². The molecule has 0 heterocycles. The zero-order chi connectivity index (χ0) is 19.8. The monoisotopic (exact) mass is 370 g/mol. The summed E-state index contributed by atoms with van der Waals surface area (Å²) in [5.41, 5.74) is 1.14. The molecule has 0 bridgehead atoms. The largest absolute Gasteiger partial charge is 0.479 e. The van der Waals surface area contributed by atoms with Crippen LogP contribution in [0.3, 0.4) is 0 Å². The Morgan fingerprint density at radius 1 is 0.815 bits per heavy atom. The second kappa shape index (κ2) is 9.38. The third-order valence-electron chi connectivity index (χ3n) is 3.52. The molecule has 2 aromatic carbocycles. The lowest BCUT2D eigenvalue weighted by molar-refractivity contribution is -0.159. The number of para-hydroxylation sites is 1. The van der Waals surface area contributed by atoms with Crippen LogP contribution in [0.4, 0.5) is 11.4 Å². The number of anilines is 2. The van der Waals surface area contributed by atoms with E-state index in [1.54, 1.807) is 55.5 Å². The summed E-state index contributed by atoms with van der Waals surface area (Å²) in [5.74, 6) is -0.748. The average Bonchev–Trinajstić information content (AvgIpc) is 2.63. The number of amides is 2. The predicted octanol–water partition coefficient (Wildman–Crippen LogP) is 2.98. The summed E-state index contributed by atoms with van der Waals surface area (Å²) in [7, 11) is 0. The molecule has 7 nitrogen and oxygen atoms in total. The van der Waals surface area contributed by atoms with E-state index in [4.69, 9.17) is 9.47 Å². The van der Waals surface area contributed by atoms with Gasteiger partial charge in [0, 0.05) is 18.3 Å². The first-order valence-corrected chi connectivity index (χ1v) is 8.46. The second-order valence-corrected chi connectivity index (χ2v) is 5.90. The van der Waals surface area contributed by atoms with Crippen LogP contribution in [0.5, 0.6) is 5.75 Å². The quantitative estimate of drug-likeness (QED) is 0.731. The van der Waals surface area contributed by atoms with Crippen molar-refractivity contribution in [3.05, 3.63) is 54.6 Å². The molecular formula is C20H22N2O5. The predicted molar refractivity (Wildman–Crippen MR) is 101 cm³/mol. The Labute approximate surface area is 157 Å². The van der Waals surface area contributed by atoms with E-state index in [1.807, 2.05) is 6.07 Å². The minimum atomic E-state index is -0.991. The van der Waals surface area contributed by atoms with Gasteiger partial charge in [-0.2, -0.15) is 0 Å². The highest BCUT2D eigenvalue weighted by molar-refractivity contribution is 5.95. The molecule has 0 saturated heterocycles. The molecule has 2 rings (SSSR count). The summed E-state index contributed by atoms with van der Waals surface area (Å²) in [6, 6.07) is 15.5. The Bertz CT molecular complexity index is 790. The van der Waals surface area contributed by atoms with E-state index in [0.29, 0.717) is 17.1 Å². The smallest absolute Gasteiger partial charge is 0.347 e. The Balaban J connectivity index is 1.85. The molecule has 7 heteroatoms. The molecule has 2 aromatic rings. The lowest BCUT2D eigenvalue weighted by atomic mass is 10.2. The number of esters is 1. The number of nitrogens with one attached hydrogen (secondary N) is 2. The Morgan fingerprint density at radius 2 is 1.37 bits per heavy atom. The number of carbonyl (C=O) groups is 3. The molecule has 2 atom stereocenters. The number of ether oxygens (including phenoxy) is 2. The normalized spacial score (nSPS) is 12.4. The summed E-state index contributed by atoms with van der Waals surface area (Å²) in [6.07, 6.45) is -1.84. The van der Waals surface area contributed by atoms with Gasteiger partial charge < -0.3 is 20.1 Å². The summed E-state index contributed by atoms with van der Waals surface area (Å²) < 4.78 is 10.6. The average molecular weight is 370 g/mol. The van der Waals surface area contributed by atoms with E-state index in [9.17, 15) is 14.4 Å². The molecule has 27 heavy (non-hydrogen) atoms. The Kier molecular flexibility index (Phi) is 6.93. The maximum absolute atomic E-state index is 12.2. The molecule has 0 unspecified atom stereocenters. The van der Waals surface area contributed by atoms with Crippen molar-refractivity contribution in [1.82, 2.24) is 0 Å². The summed E-state index contributed by atoms with van der Waals surface area (Å²) in [5, 5.41) is 5.28. The maximum Gasteiger partial charge on any atom is 0.347 e. The van der Waals surface area contributed by atoms with Crippen molar-refractivity contribution in [3.8, 4) is 5.75 Å². The fourth-order valence-corrected chi connectivity index (χ4v) is 2.16. The van der Waals surface area contributed by atoms with Gasteiger partial charge in [-0.25, -0.2) is 4.79 Å². The zero-order valence-electron chi connectivity index (χ0n) is 15.4.